The van der Waals surface area contributed by atoms with E-state index in [1.165, 1.54) is 0 Å². The summed E-state index contributed by atoms with van der Waals surface area (Å²) in [7, 11) is 3.25. The fourth-order valence-corrected chi connectivity index (χ4v) is 1.61. The number of aromatic amines is 1. The number of fused-ring (bicyclic) bond motifs is 1. The second kappa shape index (κ2) is 4.36. The number of aryl methyl sites for hydroxylation is 1. The molecule has 2 rings (SSSR count). The molecule has 3 heteroatoms. The lowest BCUT2D eigenvalue weighted by Crippen LogP contribution is -2.09. The first-order valence-electron chi connectivity index (χ1n) is 5.88. The lowest BCUT2D eigenvalue weighted by Gasteiger charge is -2.01. The molecule has 0 radical (unpaired) electrons. The van der Waals surface area contributed by atoms with Crippen molar-refractivity contribution in [3.63, 3.8) is 0 Å². The SMILES string of the molecule is [2H]C([2H])(Cc1c[nH]c2ccc(OC)cc12)NC. The average Bonchev–Trinajstić information content (AvgIpc) is 2.71. The number of methoxy groups -OCH3 is 1. The van der Waals surface area contributed by atoms with Crippen molar-refractivity contribution in [2.75, 3.05) is 20.7 Å². The van der Waals surface area contributed by atoms with E-state index < -0.39 is 6.50 Å². The van der Waals surface area contributed by atoms with Crippen molar-refractivity contribution >= 4 is 10.9 Å². The van der Waals surface area contributed by atoms with E-state index in [9.17, 15) is 0 Å². The number of benzene rings is 1. The standard InChI is InChI=1S/C12H16N2O/c1-13-6-5-9-8-14-12-4-3-10(15-2)7-11(9)12/h3-4,7-8,13-14H,5-6H2,1-2H3/i6D2. The maximum absolute atomic E-state index is 7.74. The van der Waals surface area contributed by atoms with Gasteiger partial charge in [-0.1, -0.05) is 0 Å². The highest BCUT2D eigenvalue weighted by atomic mass is 16.5. The Labute approximate surface area is 92.3 Å². The van der Waals surface area contributed by atoms with Crippen molar-refractivity contribution in [1.82, 2.24) is 10.3 Å². The van der Waals surface area contributed by atoms with Gasteiger partial charge < -0.3 is 15.0 Å². The van der Waals surface area contributed by atoms with E-state index in [1.807, 2.05) is 24.4 Å². The van der Waals surface area contributed by atoms with Crippen molar-refractivity contribution in [2.24, 2.45) is 0 Å². The van der Waals surface area contributed by atoms with E-state index in [4.69, 9.17) is 7.48 Å². The molecule has 0 saturated heterocycles. The number of hydrogen-bond donors (Lipinski definition) is 2. The number of aromatic nitrogens is 1. The molecular formula is C12H16N2O. The van der Waals surface area contributed by atoms with Gasteiger partial charge in [0.15, 0.2) is 0 Å². The first-order valence-corrected chi connectivity index (χ1v) is 4.88. The zero-order chi connectivity index (χ0) is 12.5. The molecule has 15 heavy (non-hydrogen) atoms. The summed E-state index contributed by atoms with van der Waals surface area (Å²) in [6.07, 6.45) is 2.16. The number of hydrogen-bond acceptors (Lipinski definition) is 2. The van der Waals surface area contributed by atoms with E-state index in [0.29, 0.717) is 6.42 Å². The van der Waals surface area contributed by atoms with Gasteiger partial charge in [0.1, 0.15) is 5.75 Å². The molecule has 0 aliphatic carbocycles. The van der Waals surface area contributed by atoms with E-state index in [-0.39, 0.29) is 0 Å². The highest BCUT2D eigenvalue weighted by Crippen LogP contribution is 2.23. The number of rotatable bonds is 4. The van der Waals surface area contributed by atoms with E-state index in [2.05, 4.69) is 10.3 Å². The molecule has 0 bridgehead atoms. The van der Waals surface area contributed by atoms with Crippen molar-refractivity contribution in [1.29, 1.82) is 0 Å². The van der Waals surface area contributed by atoms with Crippen LogP contribution in [0.15, 0.2) is 24.4 Å². The number of ether oxygens (including phenoxy) is 1. The van der Waals surface area contributed by atoms with Crippen LogP contribution in [0.1, 0.15) is 8.30 Å². The Morgan fingerprint density at radius 3 is 3.13 bits per heavy atom. The largest absolute Gasteiger partial charge is 0.497 e. The molecule has 2 N–H and O–H groups in total. The van der Waals surface area contributed by atoms with Crippen LogP contribution in [0.3, 0.4) is 0 Å². The lowest BCUT2D eigenvalue weighted by atomic mass is 10.1. The summed E-state index contributed by atoms with van der Waals surface area (Å²) in [5, 5.41) is 3.66. The van der Waals surface area contributed by atoms with Gasteiger partial charge in [-0.15, -0.1) is 0 Å². The molecule has 0 aliphatic heterocycles. The Morgan fingerprint density at radius 1 is 1.53 bits per heavy atom. The Kier molecular flexibility index (Phi) is 2.26. The zero-order valence-electron chi connectivity index (χ0n) is 10.9. The van der Waals surface area contributed by atoms with Crippen LogP contribution in [-0.2, 0) is 6.42 Å². The molecule has 0 atom stereocenters. The Morgan fingerprint density at radius 2 is 2.40 bits per heavy atom. The van der Waals surface area contributed by atoms with Gasteiger partial charge in [0.2, 0.25) is 0 Å². The van der Waals surface area contributed by atoms with E-state index in [0.717, 1.165) is 22.2 Å². The normalized spacial score (nSPS) is 13.7. The highest BCUT2D eigenvalue weighted by molar-refractivity contribution is 5.84. The van der Waals surface area contributed by atoms with Crippen LogP contribution in [0.25, 0.3) is 10.9 Å². The molecule has 1 aromatic heterocycles. The topological polar surface area (TPSA) is 37.0 Å². The summed E-state index contributed by atoms with van der Waals surface area (Å²) in [4.78, 5) is 3.14. The van der Waals surface area contributed by atoms with Crippen molar-refractivity contribution < 1.29 is 7.48 Å². The summed E-state index contributed by atoms with van der Waals surface area (Å²) >= 11 is 0. The van der Waals surface area contributed by atoms with Gasteiger partial charge in [0.25, 0.3) is 0 Å². The molecule has 0 unspecified atom stereocenters. The van der Waals surface area contributed by atoms with Crippen LogP contribution in [0.2, 0.25) is 0 Å². The molecule has 0 fully saturated rings. The van der Waals surface area contributed by atoms with Crippen molar-refractivity contribution in [3.8, 4) is 5.75 Å². The number of H-pyrrole nitrogens is 1. The zero-order valence-corrected chi connectivity index (χ0v) is 8.92. The maximum Gasteiger partial charge on any atom is 0.119 e. The van der Waals surface area contributed by atoms with Gasteiger partial charge >= 0.3 is 0 Å². The maximum atomic E-state index is 7.74. The van der Waals surface area contributed by atoms with Crippen molar-refractivity contribution in [2.45, 2.75) is 6.42 Å². The first kappa shape index (κ1) is 7.77. The number of likely N-dealkylation sites (N-methyl/N-ethyl adjacent to an activating group) is 1. The summed E-state index contributed by atoms with van der Waals surface area (Å²) in [6, 6.07) is 5.74. The second-order valence-corrected chi connectivity index (χ2v) is 3.33. The van der Waals surface area contributed by atoms with Gasteiger partial charge in [0.05, 0.1) is 7.11 Å². The third-order valence-electron chi connectivity index (χ3n) is 2.43. The predicted octanol–water partition coefficient (Wildman–Crippen LogP) is 1.94. The van der Waals surface area contributed by atoms with Crippen LogP contribution < -0.4 is 10.1 Å². The molecule has 0 spiro atoms. The van der Waals surface area contributed by atoms with E-state index in [1.54, 1.807) is 14.2 Å². The molecule has 1 heterocycles. The van der Waals surface area contributed by atoms with Crippen LogP contribution in [0.4, 0.5) is 0 Å². The highest BCUT2D eigenvalue weighted by Gasteiger charge is 2.04. The minimum Gasteiger partial charge on any atom is -0.497 e. The van der Waals surface area contributed by atoms with Gasteiger partial charge in [-0.05, 0) is 43.7 Å². The summed E-state index contributed by atoms with van der Waals surface area (Å²) < 4.78 is 20.7. The third-order valence-corrected chi connectivity index (χ3v) is 2.43. The monoisotopic (exact) mass is 206 g/mol. The van der Waals surface area contributed by atoms with Crippen LogP contribution >= 0.6 is 0 Å². The van der Waals surface area contributed by atoms with Crippen LogP contribution in [-0.4, -0.2) is 25.6 Å². The fraction of sp³-hybridized carbons (Fsp3) is 0.333. The van der Waals surface area contributed by atoms with Gasteiger partial charge in [0, 0.05) is 19.8 Å². The molecule has 80 valence electrons. The molecule has 0 amide bonds. The fourth-order valence-electron chi connectivity index (χ4n) is 1.61. The van der Waals surface area contributed by atoms with Crippen LogP contribution in [0.5, 0.6) is 5.75 Å². The van der Waals surface area contributed by atoms with Gasteiger partial charge in [-0.25, -0.2) is 0 Å². The Balaban J connectivity index is 2.41. The smallest absolute Gasteiger partial charge is 0.119 e. The molecule has 3 nitrogen and oxygen atoms in total. The summed E-state index contributed by atoms with van der Waals surface area (Å²) in [6.45, 7) is -1.40. The van der Waals surface area contributed by atoms with Crippen molar-refractivity contribution in [3.05, 3.63) is 30.0 Å². The molecule has 1 aromatic carbocycles. The van der Waals surface area contributed by atoms with E-state index >= 15 is 0 Å². The minimum atomic E-state index is -1.40. The second-order valence-electron chi connectivity index (χ2n) is 3.33. The third kappa shape index (κ3) is 1.97. The predicted molar refractivity (Wildman–Crippen MR) is 62.5 cm³/mol. The molecule has 2 aromatic rings. The molecular weight excluding hydrogens is 188 g/mol. The quantitative estimate of drug-likeness (QED) is 0.802. The summed E-state index contributed by atoms with van der Waals surface area (Å²) in [5.41, 5.74) is 1.94. The van der Waals surface area contributed by atoms with Gasteiger partial charge in [-0.3, -0.25) is 0 Å². The van der Waals surface area contributed by atoms with Gasteiger partial charge in [-0.2, -0.15) is 0 Å². The lowest BCUT2D eigenvalue weighted by molar-refractivity contribution is 0.415. The molecule has 0 saturated carbocycles. The Hall–Kier alpha value is -1.48. The molecule has 0 aliphatic rings. The number of nitrogens with one attached hydrogen (secondary N) is 2. The Bertz CT molecular complexity index is 522. The van der Waals surface area contributed by atoms with Crippen LogP contribution in [0, 0.1) is 0 Å². The average molecular weight is 206 g/mol. The minimum absolute atomic E-state index is 0.316. The first-order chi connectivity index (χ1) is 8.05. The summed E-state index contributed by atoms with van der Waals surface area (Å²) in [5.74, 6) is 0.781.